The lowest BCUT2D eigenvalue weighted by molar-refractivity contribution is -0.142. The van der Waals surface area contributed by atoms with Gasteiger partial charge in [-0.2, -0.15) is 0 Å². The van der Waals surface area contributed by atoms with Crippen molar-refractivity contribution in [2.75, 3.05) is 19.7 Å². The van der Waals surface area contributed by atoms with E-state index in [1.165, 1.54) is 6.08 Å². The number of rotatable bonds is 14. The Morgan fingerprint density at radius 3 is 2.28 bits per heavy atom. The maximum atomic E-state index is 11.8. The molecule has 0 saturated carbocycles. The molecule has 29 heavy (non-hydrogen) atoms. The second kappa shape index (κ2) is 15.1. The summed E-state index contributed by atoms with van der Waals surface area (Å²) in [4.78, 5) is 34.4. The van der Waals surface area contributed by atoms with Crippen LogP contribution in [0.15, 0.2) is 36.9 Å². The third-order valence-electron chi connectivity index (χ3n) is 4.13. The molecule has 1 aromatic rings. The van der Waals surface area contributed by atoms with Crippen molar-refractivity contribution < 1.29 is 23.9 Å². The number of benzene rings is 1. The molecule has 2 amide bonds. The molecule has 0 aromatic heterocycles. The highest BCUT2D eigenvalue weighted by Gasteiger charge is 2.06. The van der Waals surface area contributed by atoms with E-state index >= 15 is 0 Å². The van der Waals surface area contributed by atoms with Crippen LogP contribution in [0.3, 0.4) is 0 Å². The van der Waals surface area contributed by atoms with E-state index in [4.69, 9.17) is 9.47 Å². The summed E-state index contributed by atoms with van der Waals surface area (Å²) in [6, 6.07) is 7.05. The van der Waals surface area contributed by atoms with Crippen molar-refractivity contribution in [1.82, 2.24) is 10.6 Å². The molecular weight excluding hydrogens is 372 g/mol. The minimum Gasteiger partial charge on any atom is -0.461 e. The molecular formula is C22H32N2O5. The first-order valence-electron chi connectivity index (χ1n) is 10.1. The molecule has 0 spiro atoms. The number of hydrogen-bond donors (Lipinski definition) is 2. The lowest BCUT2D eigenvalue weighted by atomic mass is 10.1. The van der Waals surface area contributed by atoms with Crippen molar-refractivity contribution in [2.45, 2.75) is 51.9 Å². The first-order chi connectivity index (χ1) is 14.0. The van der Waals surface area contributed by atoms with E-state index in [1.807, 2.05) is 19.1 Å². The van der Waals surface area contributed by atoms with Gasteiger partial charge in [-0.15, -0.1) is 0 Å². The first-order valence-corrected chi connectivity index (χ1v) is 10.1. The summed E-state index contributed by atoms with van der Waals surface area (Å²) in [6.07, 6.45) is 6.19. The van der Waals surface area contributed by atoms with Gasteiger partial charge in [-0.25, -0.2) is 4.79 Å². The van der Waals surface area contributed by atoms with Crippen LogP contribution in [0.25, 0.3) is 0 Å². The molecule has 0 unspecified atom stereocenters. The Bertz CT molecular complexity index is 643. The van der Waals surface area contributed by atoms with Crippen molar-refractivity contribution in [2.24, 2.45) is 0 Å². The van der Waals surface area contributed by atoms with Gasteiger partial charge >= 0.3 is 12.1 Å². The van der Waals surface area contributed by atoms with Crippen molar-refractivity contribution in [3.05, 3.63) is 42.5 Å². The van der Waals surface area contributed by atoms with E-state index in [0.29, 0.717) is 38.1 Å². The summed E-state index contributed by atoms with van der Waals surface area (Å²) in [5.74, 6) is 0.260. The maximum Gasteiger partial charge on any atom is 0.412 e. The van der Waals surface area contributed by atoms with Gasteiger partial charge < -0.3 is 20.1 Å². The zero-order valence-corrected chi connectivity index (χ0v) is 17.2. The Labute approximate surface area is 172 Å². The zero-order valence-electron chi connectivity index (χ0n) is 17.2. The molecule has 7 heteroatoms. The quantitative estimate of drug-likeness (QED) is 0.281. The largest absolute Gasteiger partial charge is 0.461 e. The van der Waals surface area contributed by atoms with Crippen molar-refractivity contribution in [1.29, 1.82) is 0 Å². The second-order valence-corrected chi connectivity index (χ2v) is 6.55. The third-order valence-corrected chi connectivity index (χ3v) is 4.13. The highest BCUT2D eigenvalue weighted by atomic mass is 16.6. The Balaban J connectivity index is 2.12. The highest BCUT2D eigenvalue weighted by Crippen LogP contribution is 2.14. The number of unbranched alkanes of at least 4 members (excludes halogenated alkanes) is 3. The average molecular weight is 405 g/mol. The van der Waals surface area contributed by atoms with E-state index in [-0.39, 0.29) is 18.5 Å². The van der Waals surface area contributed by atoms with E-state index < -0.39 is 6.09 Å². The molecule has 0 radical (unpaired) electrons. The van der Waals surface area contributed by atoms with Gasteiger partial charge in [-0.1, -0.05) is 44.6 Å². The van der Waals surface area contributed by atoms with Crippen LogP contribution < -0.4 is 15.4 Å². The van der Waals surface area contributed by atoms with Crippen LogP contribution in [0.1, 0.15) is 51.0 Å². The molecule has 1 rings (SSSR count). The fraction of sp³-hybridized carbons (Fsp3) is 0.500. The number of nitrogens with one attached hydrogen (secondary N) is 2. The highest BCUT2D eigenvalue weighted by molar-refractivity contribution is 5.75. The van der Waals surface area contributed by atoms with Crippen molar-refractivity contribution >= 4 is 18.0 Å². The van der Waals surface area contributed by atoms with Gasteiger partial charge in [0.05, 0.1) is 0 Å². The minimum atomic E-state index is -0.485. The molecule has 2 N–H and O–H groups in total. The van der Waals surface area contributed by atoms with Crippen LogP contribution in [0.4, 0.5) is 4.79 Å². The SMILES string of the molecule is C=CCOC(=O)CCc1ccc(OC(=O)NCCCCCCNC(=O)CC)cc1. The van der Waals surface area contributed by atoms with E-state index in [9.17, 15) is 14.4 Å². The number of ether oxygens (including phenoxy) is 2. The molecule has 0 aliphatic heterocycles. The fourth-order valence-corrected chi connectivity index (χ4v) is 2.48. The van der Waals surface area contributed by atoms with Crippen LogP contribution in [0, 0.1) is 0 Å². The standard InChI is InChI=1S/C22H32N2O5/c1-3-17-28-21(26)14-11-18-9-12-19(13-10-18)29-22(27)24-16-8-6-5-7-15-23-20(25)4-2/h3,9-10,12-13H,1,4-8,11,14-17H2,2H3,(H,23,25)(H,24,27). The molecule has 160 valence electrons. The molecule has 0 saturated heterocycles. The molecule has 0 aliphatic rings. The van der Waals surface area contributed by atoms with Crippen LogP contribution in [-0.4, -0.2) is 37.7 Å². The predicted molar refractivity (Wildman–Crippen MR) is 112 cm³/mol. The summed E-state index contributed by atoms with van der Waals surface area (Å²) < 4.78 is 10.2. The smallest absolute Gasteiger partial charge is 0.412 e. The van der Waals surface area contributed by atoms with E-state index in [1.54, 1.807) is 12.1 Å². The Hall–Kier alpha value is -2.83. The second-order valence-electron chi connectivity index (χ2n) is 6.55. The van der Waals surface area contributed by atoms with Gasteiger partial charge in [0, 0.05) is 25.9 Å². The summed E-state index contributed by atoms with van der Waals surface area (Å²) in [5, 5.41) is 5.56. The first kappa shape index (κ1) is 24.2. The number of hydrogen-bond acceptors (Lipinski definition) is 5. The predicted octanol–water partition coefficient (Wildman–Crippen LogP) is 3.52. The average Bonchev–Trinajstić information content (AvgIpc) is 2.73. The Morgan fingerprint density at radius 1 is 1.00 bits per heavy atom. The summed E-state index contributed by atoms with van der Waals surface area (Å²) in [7, 11) is 0. The lowest BCUT2D eigenvalue weighted by Gasteiger charge is -2.08. The van der Waals surface area contributed by atoms with Gasteiger partial charge in [0.15, 0.2) is 0 Å². The Kier molecular flexibility index (Phi) is 12.6. The van der Waals surface area contributed by atoms with Gasteiger partial charge in [-0.3, -0.25) is 9.59 Å². The molecule has 1 aromatic carbocycles. The van der Waals surface area contributed by atoms with Crippen LogP contribution >= 0.6 is 0 Å². The van der Waals surface area contributed by atoms with Crippen LogP contribution in [0.5, 0.6) is 5.75 Å². The number of esters is 1. The molecule has 0 bridgehead atoms. The number of carbonyl (C=O) groups excluding carboxylic acids is 3. The van der Waals surface area contributed by atoms with Gasteiger partial charge in [0.2, 0.25) is 5.91 Å². The molecule has 0 fully saturated rings. The molecule has 0 heterocycles. The van der Waals surface area contributed by atoms with Crippen molar-refractivity contribution in [3.8, 4) is 5.75 Å². The topological polar surface area (TPSA) is 93.7 Å². The third kappa shape index (κ3) is 12.3. The normalized spacial score (nSPS) is 10.1. The number of carbonyl (C=O) groups is 3. The zero-order chi connectivity index (χ0) is 21.3. The Morgan fingerprint density at radius 2 is 1.66 bits per heavy atom. The molecule has 7 nitrogen and oxygen atoms in total. The van der Waals surface area contributed by atoms with Gasteiger partial charge in [-0.05, 0) is 37.0 Å². The summed E-state index contributed by atoms with van der Waals surface area (Å²) in [6.45, 7) is 6.80. The fourth-order valence-electron chi connectivity index (χ4n) is 2.48. The van der Waals surface area contributed by atoms with E-state index in [0.717, 1.165) is 31.2 Å². The number of aryl methyl sites for hydroxylation is 1. The van der Waals surface area contributed by atoms with Crippen LogP contribution in [-0.2, 0) is 20.7 Å². The minimum absolute atomic E-state index is 0.0773. The number of amides is 2. The maximum absolute atomic E-state index is 11.8. The van der Waals surface area contributed by atoms with Crippen LogP contribution in [0.2, 0.25) is 0 Å². The molecule has 0 aliphatic carbocycles. The lowest BCUT2D eigenvalue weighted by Crippen LogP contribution is -2.27. The van der Waals surface area contributed by atoms with Gasteiger partial charge in [0.25, 0.3) is 0 Å². The monoisotopic (exact) mass is 404 g/mol. The van der Waals surface area contributed by atoms with E-state index in [2.05, 4.69) is 17.2 Å². The molecule has 0 atom stereocenters. The summed E-state index contributed by atoms with van der Waals surface area (Å²) >= 11 is 0. The van der Waals surface area contributed by atoms with Crippen molar-refractivity contribution in [3.63, 3.8) is 0 Å². The van der Waals surface area contributed by atoms with Gasteiger partial charge in [0.1, 0.15) is 12.4 Å². The summed E-state index contributed by atoms with van der Waals surface area (Å²) in [5.41, 5.74) is 0.962.